The zero-order chi connectivity index (χ0) is 32.3. The lowest BCUT2D eigenvalue weighted by molar-refractivity contribution is 0.673. The van der Waals surface area contributed by atoms with Gasteiger partial charge in [0.05, 0.1) is 0 Å². The summed E-state index contributed by atoms with van der Waals surface area (Å²) in [5.74, 6) is 1.89. The van der Waals surface area contributed by atoms with E-state index in [1.165, 1.54) is 5.39 Å². The molecule has 10 rings (SSSR count). The molecule has 0 N–H and O–H groups in total. The summed E-state index contributed by atoms with van der Waals surface area (Å²) in [6.07, 6.45) is 0. The highest BCUT2D eigenvalue weighted by molar-refractivity contribution is 6.19. The molecule has 8 aromatic carbocycles. The number of benzene rings is 8. The fourth-order valence-electron chi connectivity index (χ4n) is 7.09. The lowest BCUT2D eigenvalue weighted by atomic mass is 9.98. The van der Waals surface area contributed by atoms with Crippen LogP contribution in [0.25, 0.3) is 99.5 Å². The Bertz CT molecular complexity index is 2890. The highest BCUT2D eigenvalue weighted by Gasteiger charge is 2.20. The number of fused-ring (bicyclic) bond motifs is 7. The van der Waals surface area contributed by atoms with Gasteiger partial charge < -0.3 is 4.42 Å². The lowest BCUT2D eigenvalue weighted by Gasteiger charge is -2.12. The maximum Gasteiger partial charge on any atom is 0.164 e. The van der Waals surface area contributed by atoms with Gasteiger partial charge in [0.1, 0.15) is 11.2 Å². The second kappa shape index (κ2) is 11.0. The molecule has 0 aliphatic rings. The molecule has 4 heteroatoms. The van der Waals surface area contributed by atoms with Crippen LogP contribution in [0.4, 0.5) is 0 Å². The summed E-state index contributed by atoms with van der Waals surface area (Å²) in [7, 11) is 0. The molecule has 0 aliphatic heterocycles. The van der Waals surface area contributed by atoms with Gasteiger partial charge in [0.25, 0.3) is 0 Å². The summed E-state index contributed by atoms with van der Waals surface area (Å²) >= 11 is 0. The molecule has 0 saturated carbocycles. The van der Waals surface area contributed by atoms with E-state index in [2.05, 4.69) is 158 Å². The Morgan fingerprint density at radius 1 is 0.327 bits per heavy atom. The summed E-state index contributed by atoms with van der Waals surface area (Å²) < 4.78 is 6.57. The lowest BCUT2D eigenvalue weighted by Crippen LogP contribution is -2.01. The van der Waals surface area contributed by atoms with Gasteiger partial charge in [0.2, 0.25) is 0 Å². The first-order valence-electron chi connectivity index (χ1n) is 16.4. The monoisotopic (exact) mass is 625 g/mol. The molecule has 228 valence electrons. The quantitative estimate of drug-likeness (QED) is 0.195. The molecule has 10 aromatic rings. The molecule has 0 atom stereocenters. The molecule has 0 unspecified atom stereocenters. The van der Waals surface area contributed by atoms with Crippen LogP contribution in [0.15, 0.2) is 168 Å². The Hall–Kier alpha value is -6.65. The van der Waals surface area contributed by atoms with Crippen LogP contribution in [-0.4, -0.2) is 15.0 Å². The largest absolute Gasteiger partial charge is 0.455 e. The first-order valence-corrected chi connectivity index (χ1v) is 16.4. The van der Waals surface area contributed by atoms with Crippen molar-refractivity contribution in [2.24, 2.45) is 0 Å². The number of aromatic nitrogens is 3. The Kier molecular flexibility index (Phi) is 6.15. The fourth-order valence-corrected chi connectivity index (χ4v) is 7.09. The van der Waals surface area contributed by atoms with E-state index in [4.69, 9.17) is 19.4 Å². The maximum absolute atomic E-state index is 6.57. The Labute approximate surface area is 282 Å². The Balaban J connectivity index is 1.27. The predicted molar refractivity (Wildman–Crippen MR) is 201 cm³/mol. The minimum atomic E-state index is 0.618. The van der Waals surface area contributed by atoms with E-state index in [0.29, 0.717) is 17.5 Å². The average molecular weight is 626 g/mol. The summed E-state index contributed by atoms with van der Waals surface area (Å²) in [6.45, 7) is 0. The first kappa shape index (κ1) is 27.5. The van der Waals surface area contributed by atoms with Crippen molar-refractivity contribution in [2.75, 3.05) is 0 Å². The van der Waals surface area contributed by atoms with Crippen LogP contribution < -0.4 is 0 Å². The Morgan fingerprint density at radius 3 is 1.84 bits per heavy atom. The molecule has 0 saturated heterocycles. The van der Waals surface area contributed by atoms with Crippen molar-refractivity contribution in [3.63, 3.8) is 0 Å². The molecule has 49 heavy (non-hydrogen) atoms. The molecule has 0 spiro atoms. The number of hydrogen-bond donors (Lipinski definition) is 0. The highest BCUT2D eigenvalue weighted by atomic mass is 16.3. The molecule has 0 aliphatic carbocycles. The van der Waals surface area contributed by atoms with Crippen LogP contribution in [0.3, 0.4) is 0 Å². The standard InChI is InChI=1S/C45H27N3O/c1-2-11-28(12-3-1)32-23-24-41-38(26-32)39-27-40(35-18-8-9-19-36(35)42(39)49-41)45-47-43(33-22-21-29-13-4-5-15-31(29)25-33)46-44(48-45)37-20-10-16-30-14-6-7-17-34(30)37/h1-27H. The van der Waals surface area contributed by atoms with Crippen LogP contribution in [0, 0.1) is 0 Å². The van der Waals surface area contributed by atoms with Gasteiger partial charge in [-0.2, -0.15) is 0 Å². The third kappa shape index (κ3) is 4.57. The SMILES string of the molecule is c1ccc(-c2ccc3oc4c5ccccc5c(-c5nc(-c6ccc7ccccc7c6)nc(-c6cccc7ccccc67)n5)cc4c3c2)cc1. The van der Waals surface area contributed by atoms with Gasteiger partial charge in [0, 0.05) is 32.8 Å². The normalized spacial score (nSPS) is 11.7. The number of nitrogens with zero attached hydrogens (tertiary/aromatic N) is 3. The minimum absolute atomic E-state index is 0.618. The third-order valence-electron chi connectivity index (χ3n) is 9.50. The van der Waals surface area contributed by atoms with E-state index in [0.717, 1.165) is 76.7 Å². The van der Waals surface area contributed by atoms with Crippen molar-refractivity contribution in [1.29, 1.82) is 0 Å². The van der Waals surface area contributed by atoms with E-state index in [1.54, 1.807) is 0 Å². The van der Waals surface area contributed by atoms with Crippen molar-refractivity contribution in [3.05, 3.63) is 164 Å². The fraction of sp³-hybridized carbons (Fsp3) is 0. The summed E-state index contributed by atoms with van der Waals surface area (Å²) in [5.41, 5.74) is 6.85. The van der Waals surface area contributed by atoms with E-state index in [1.807, 2.05) is 6.07 Å². The molecule has 0 radical (unpaired) electrons. The van der Waals surface area contributed by atoms with Gasteiger partial charge in [-0.15, -0.1) is 0 Å². The van der Waals surface area contributed by atoms with Crippen molar-refractivity contribution < 1.29 is 4.42 Å². The number of furan rings is 1. The molecule has 2 aromatic heterocycles. The zero-order valence-corrected chi connectivity index (χ0v) is 26.3. The van der Waals surface area contributed by atoms with E-state index >= 15 is 0 Å². The van der Waals surface area contributed by atoms with E-state index < -0.39 is 0 Å². The molecular weight excluding hydrogens is 599 g/mol. The predicted octanol–water partition coefficient (Wildman–Crippen LogP) is 11.9. The van der Waals surface area contributed by atoms with Crippen molar-refractivity contribution in [1.82, 2.24) is 15.0 Å². The van der Waals surface area contributed by atoms with Gasteiger partial charge >= 0.3 is 0 Å². The van der Waals surface area contributed by atoms with E-state index in [9.17, 15) is 0 Å². The van der Waals surface area contributed by atoms with Crippen LogP contribution in [0.1, 0.15) is 0 Å². The summed E-state index contributed by atoms with van der Waals surface area (Å²) in [5, 5.41) is 8.68. The number of hydrogen-bond acceptors (Lipinski definition) is 4. The Morgan fingerprint density at radius 2 is 0.980 bits per heavy atom. The molecule has 0 bridgehead atoms. The zero-order valence-electron chi connectivity index (χ0n) is 26.3. The second-order valence-corrected chi connectivity index (χ2v) is 12.4. The van der Waals surface area contributed by atoms with Crippen LogP contribution in [0.5, 0.6) is 0 Å². The molecule has 2 heterocycles. The second-order valence-electron chi connectivity index (χ2n) is 12.4. The molecular formula is C45H27N3O. The smallest absolute Gasteiger partial charge is 0.164 e. The molecule has 4 nitrogen and oxygen atoms in total. The van der Waals surface area contributed by atoms with Crippen molar-refractivity contribution >= 4 is 54.3 Å². The number of rotatable bonds is 4. The van der Waals surface area contributed by atoms with Gasteiger partial charge in [-0.25, -0.2) is 15.0 Å². The van der Waals surface area contributed by atoms with Gasteiger partial charge in [0.15, 0.2) is 17.5 Å². The van der Waals surface area contributed by atoms with Gasteiger partial charge in [-0.05, 0) is 62.3 Å². The van der Waals surface area contributed by atoms with Crippen LogP contribution >= 0.6 is 0 Å². The van der Waals surface area contributed by atoms with Gasteiger partial charge in [-0.3, -0.25) is 0 Å². The highest BCUT2D eigenvalue weighted by Crippen LogP contribution is 2.41. The molecule has 0 amide bonds. The first-order chi connectivity index (χ1) is 24.3. The van der Waals surface area contributed by atoms with Crippen LogP contribution in [0.2, 0.25) is 0 Å². The minimum Gasteiger partial charge on any atom is -0.455 e. The maximum atomic E-state index is 6.57. The van der Waals surface area contributed by atoms with Crippen LogP contribution in [-0.2, 0) is 0 Å². The van der Waals surface area contributed by atoms with E-state index in [-0.39, 0.29) is 0 Å². The third-order valence-corrected chi connectivity index (χ3v) is 9.50. The summed E-state index contributed by atoms with van der Waals surface area (Å²) in [4.78, 5) is 15.6. The van der Waals surface area contributed by atoms with Gasteiger partial charge in [-0.1, -0.05) is 140 Å². The summed E-state index contributed by atoms with van der Waals surface area (Å²) in [6, 6.07) is 56.9. The van der Waals surface area contributed by atoms with Crippen molar-refractivity contribution in [3.8, 4) is 45.3 Å². The van der Waals surface area contributed by atoms with Crippen molar-refractivity contribution in [2.45, 2.75) is 0 Å². The average Bonchev–Trinajstić information content (AvgIpc) is 3.55. The molecule has 0 fully saturated rings. The topological polar surface area (TPSA) is 51.8 Å².